The van der Waals surface area contributed by atoms with Crippen LogP contribution in [0.5, 0.6) is 0 Å². The maximum Gasteiger partial charge on any atom is 0.246 e. The van der Waals surface area contributed by atoms with Crippen molar-refractivity contribution in [2.75, 3.05) is 16.8 Å². The number of nitrogens with one attached hydrogen (secondary N) is 1. The van der Waals surface area contributed by atoms with Crippen LogP contribution < -0.4 is 10.2 Å². The molecule has 0 unspecified atom stereocenters. The molecule has 3 rings (SSSR count). The van der Waals surface area contributed by atoms with Gasteiger partial charge in [-0.05, 0) is 45.8 Å². The molecule has 0 heterocycles. The van der Waals surface area contributed by atoms with Crippen LogP contribution in [0.3, 0.4) is 0 Å². The zero-order valence-corrected chi connectivity index (χ0v) is 15.3. The average Bonchev–Trinajstić information content (AvgIpc) is 2.67. The highest BCUT2D eigenvalue weighted by molar-refractivity contribution is 9.10. The van der Waals surface area contributed by atoms with Crippen LogP contribution in [0.2, 0.25) is 0 Å². The second-order valence-corrected chi connectivity index (χ2v) is 6.49. The summed E-state index contributed by atoms with van der Waals surface area (Å²) in [7, 11) is 0. The Kier molecular flexibility index (Phi) is 5.86. The first-order valence-corrected chi connectivity index (χ1v) is 8.91. The number of halogens is 1. The Balaban J connectivity index is 1.76. The molecule has 126 valence electrons. The number of carbonyl (C=O) groups excluding carboxylic acids is 1. The van der Waals surface area contributed by atoms with Crippen molar-refractivity contribution < 1.29 is 4.79 Å². The maximum absolute atomic E-state index is 12.9. The van der Waals surface area contributed by atoms with Crippen molar-refractivity contribution in [3.05, 3.63) is 95.0 Å². The van der Waals surface area contributed by atoms with Crippen LogP contribution in [0.25, 0.3) is 0 Å². The molecule has 4 heteroatoms. The molecule has 0 aliphatic heterocycles. The lowest BCUT2D eigenvalue weighted by Crippen LogP contribution is -2.35. The van der Waals surface area contributed by atoms with E-state index in [0.717, 1.165) is 21.4 Å². The molecule has 0 bridgehead atoms. The average molecular weight is 395 g/mol. The molecule has 0 spiro atoms. The van der Waals surface area contributed by atoms with E-state index in [1.54, 1.807) is 4.90 Å². The van der Waals surface area contributed by atoms with Gasteiger partial charge in [0.05, 0.1) is 13.1 Å². The number of anilines is 2. The molecule has 0 atom stereocenters. The molecule has 1 N–H and O–H groups in total. The lowest BCUT2D eigenvalue weighted by atomic mass is 10.2. The van der Waals surface area contributed by atoms with Crippen molar-refractivity contribution in [3.63, 3.8) is 0 Å². The zero-order chi connectivity index (χ0) is 17.5. The number of hydrogen-bond acceptors (Lipinski definition) is 2. The van der Waals surface area contributed by atoms with E-state index in [1.807, 2.05) is 84.9 Å². The summed E-state index contributed by atoms with van der Waals surface area (Å²) >= 11 is 3.49. The van der Waals surface area contributed by atoms with Gasteiger partial charge < -0.3 is 10.2 Å². The minimum atomic E-state index is 0.0193. The fourth-order valence-corrected chi connectivity index (χ4v) is 2.99. The van der Waals surface area contributed by atoms with Crippen molar-refractivity contribution in [1.82, 2.24) is 0 Å². The molecule has 0 fully saturated rings. The highest BCUT2D eigenvalue weighted by Crippen LogP contribution is 2.22. The fraction of sp³-hybridized carbons (Fsp3) is 0.0952. The number of carbonyl (C=O) groups is 1. The molecule has 3 aromatic rings. The predicted octanol–water partition coefficient (Wildman–Crippen LogP) is 5.09. The number of benzene rings is 3. The minimum absolute atomic E-state index is 0.0193. The summed E-state index contributed by atoms with van der Waals surface area (Å²) in [5.74, 6) is 0.0193. The van der Waals surface area contributed by atoms with Crippen LogP contribution >= 0.6 is 15.9 Å². The van der Waals surface area contributed by atoms with E-state index in [4.69, 9.17) is 0 Å². The van der Waals surface area contributed by atoms with E-state index < -0.39 is 0 Å². The monoisotopic (exact) mass is 394 g/mol. The van der Waals surface area contributed by atoms with Crippen LogP contribution in [0.15, 0.2) is 89.4 Å². The summed E-state index contributed by atoms with van der Waals surface area (Å²) in [6.45, 7) is 0.770. The van der Waals surface area contributed by atoms with Crippen LogP contribution in [0.1, 0.15) is 5.56 Å². The van der Waals surface area contributed by atoms with E-state index >= 15 is 0 Å². The molecular formula is C21H19BrN2O. The molecular weight excluding hydrogens is 376 g/mol. The molecule has 0 aliphatic rings. The minimum Gasteiger partial charge on any atom is -0.375 e. The third-order valence-electron chi connectivity index (χ3n) is 3.86. The molecule has 0 saturated heterocycles. The van der Waals surface area contributed by atoms with Gasteiger partial charge in [-0.1, -0.05) is 60.7 Å². The Morgan fingerprint density at radius 2 is 1.44 bits per heavy atom. The highest BCUT2D eigenvalue weighted by Gasteiger charge is 2.16. The Morgan fingerprint density at radius 1 is 0.840 bits per heavy atom. The van der Waals surface area contributed by atoms with Crippen LogP contribution in [0.4, 0.5) is 11.4 Å². The summed E-state index contributed by atoms with van der Waals surface area (Å²) in [6, 6.07) is 27.6. The van der Waals surface area contributed by atoms with Crippen molar-refractivity contribution >= 4 is 33.2 Å². The van der Waals surface area contributed by atoms with Crippen LogP contribution in [-0.2, 0) is 11.3 Å². The third kappa shape index (κ3) is 4.70. The Hall–Kier alpha value is -2.59. The number of amides is 1. The van der Waals surface area contributed by atoms with E-state index in [9.17, 15) is 4.79 Å². The second kappa shape index (κ2) is 8.49. The Labute approximate surface area is 156 Å². The van der Waals surface area contributed by atoms with E-state index in [1.165, 1.54) is 0 Å². The van der Waals surface area contributed by atoms with Crippen LogP contribution in [-0.4, -0.2) is 12.5 Å². The van der Waals surface area contributed by atoms with Crippen molar-refractivity contribution in [1.29, 1.82) is 0 Å². The molecule has 0 aromatic heterocycles. The largest absolute Gasteiger partial charge is 0.375 e. The number of para-hydroxylation sites is 2. The highest BCUT2D eigenvalue weighted by atomic mass is 79.9. The number of nitrogens with zero attached hydrogens (tertiary/aromatic N) is 1. The topological polar surface area (TPSA) is 32.3 Å². The summed E-state index contributed by atoms with van der Waals surface area (Å²) in [5.41, 5.74) is 2.90. The van der Waals surface area contributed by atoms with Gasteiger partial charge in [0.2, 0.25) is 5.91 Å². The van der Waals surface area contributed by atoms with Gasteiger partial charge in [-0.3, -0.25) is 4.79 Å². The first kappa shape index (κ1) is 17.2. The van der Waals surface area contributed by atoms with Gasteiger partial charge in [0.1, 0.15) is 0 Å². The molecule has 0 saturated carbocycles. The number of rotatable bonds is 6. The normalized spacial score (nSPS) is 10.3. The Morgan fingerprint density at radius 3 is 2.12 bits per heavy atom. The van der Waals surface area contributed by atoms with Gasteiger partial charge in [-0.2, -0.15) is 0 Å². The van der Waals surface area contributed by atoms with E-state index in [-0.39, 0.29) is 12.5 Å². The molecule has 0 aliphatic carbocycles. The maximum atomic E-state index is 12.9. The first-order chi connectivity index (χ1) is 12.2. The summed E-state index contributed by atoms with van der Waals surface area (Å²) < 4.78 is 0.942. The summed E-state index contributed by atoms with van der Waals surface area (Å²) in [4.78, 5) is 14.7. The van der Waals surface area contributed by atoms with E-state index in [0.29, 0.717) is 6.54 Å². The van der Waals surface area contributed by atoms with Gasteiger partial charge in [-0.25, -0.2) is 0 Å². The van der Waals surface area contributed by atoms with E-state index in [2.05, 4.69) is 21.2 Å². The molecule has 3 nitrogen and oxygen atoms in total. The SMILES string of the molecule is O=C(CNc1ccccc1Br)N(Cc1ccccc1)c1ccccc1. The fourth-order valence-electron chi connectivity index (χ4n) is 2.57. The summed E-state index contributed by atoms with van der Waals surface area (Å²) in [6.07, 6.45) is 0. The van der Waals surface area contributed by atoms with Gasteiger partial charge >= 0.3 is 0 Å². The van der Waals surface area contributed by atoms with Crippen molar-refractivity contribution in [2.24, 2.45) is 0 Å². The molecule has 0 radical (unpaired) electrons. The quantitative estimate of drug-likeness (QED) is 0.630. The number of hydrogen-bond donors (Lipinski definition) is 1. The smallest absolute Gasteiger partial charge is 0.246 e. The van der Waals surface area contributed by atoms with Gasteiger partial charge in [0, 0.05) is 15.8 Å². The Bertz CT molecular complexity index is 822. The third-order valence-corrected chi connectivity index (χ3v) is 4.55. The summed E-state index contributed by atoms with van der Waals surface area (Å²) in [5, 5.41) is 3.21. The second-order valence-electron chi connectivity index (χ2n) is 5.63. The lowest BCUT2D eigenvalue weighted by molar-refractivity contribution is -0.117. The van der Waals surface area contributed by atoms with Crippen molar-refractivity contribution in [2.45, 2.75) is 6.54 Å². The standard InChI is InChI=1S/C21H19BrN2O/c22-19-13-7-8-14-20(19)23-15-21(25)24(18-11-5-2-6-12-18)16-17-9-3-1-4-10-17/h1-14,23H,15-16H2. The zero-order valence-electron chi connectivity index (χ0n) is 13.7. The molecule has 1 amide bonds. The van der Waals surface area contributed by atoms with Gasteiger partial charge in [-0.15, -0.1) is 0 Å². The lowest BCUT2D eigenvalue weighted by Gasteiger charge is -2.23. The van der Waals surface area contributed by atoms with Crippen molar-refractivity contribution in [3.8, 4) is 0 Å². The van der Waals surface area contributed by atoms with Gasteiger partial charge in [0.15, 0.2) is 0 Å². The van der Waals surface area contributed by atoms with Crippen LogP contribution in [0, 0.1) is 0 Å². The molecule has 3 aromatic carbocycles. The predicted molar refractivity (Wildman–Crippen MR) is 107 cm³/mol. The first-order valence-electron chi connectivity index (χ1n) is 8.12. The van der Waals surface area contributed by atoms with Gasteiger partial charge in [0.25, 0.3) is 0 Å². The molecule has 25 heavy (non-hydrogen) atoms.